The van der Waals surface area contributed by atoms with Gasteiger partial charge in [-0.1, -0.05) is 12.1 Å². The van der Waals surface area contributed by atoms with E-state index in [2.05, 4.69) is 35.9 Å². The van der Waals surface area contributed by atoms with Gasteiger partial charge in [0.05, 0.1) is 12.5 Å². The van der Waals surface area contributed by atoms with Crippen molar-refractivity contribution in [3.05, 3.63) is 29.8 Å². The molecule has 33 heavy (non-hydrogen) atoms. The van der Waals surface area contributed by atoms with Crippen LogP contribution >= 0.6 is 25.3 Å². The first kappa shape index (κ1) is 28.1. The molecule has 0 heterocycles. The Hall–Kier alpha value is -2.97. The average Bonchev–Trinajstić information content (AvgIpc) is 2.76. The van der Waals surface area contributed by atoms with Gasteiger partial charge in [0.1, 0.15) is 23.9 Å². The Balaban J connectivity index is 2.99. The van der Waals surface area contributed by atoms with Gasteiger partial charge in [-0.05, 0) is 17.7 Å². The third kappa shape index (κ3) is 9.59. The average molecular weight is 503 g/mol. The van der Waals surface area contributed by atoms with Crippen LogP contribution in [0.25, 0.3) is 0 Å². The molecule has 12 nitrogen and oxygen atoms in total. The van der Waals surface area contributed by atoms with Gasteiger partial charge in [-0.3, -0.25) is 19.2 Å². The molecule has 3 amide bonds. The van der Waals surface area contributed by atoms with Gasteiger partial charge in [0.25, 0.3) is 0 Å². The second-order valence-electron chi connectivity index (χ2n) is 6.96. The predicted octanol–water partition coefficient (Wildman–Crippen LogP) is -1.86. The van der Waals surface area contributed by atoms with E-state index in [1.54, 1.807) is 0 Å². The molecule has 1 rings (SSSR count). The summed E-state index contributed by atoms with van der Waals surface area (Å²) in [7, 11) is 0. The Kier molecular flexibility index (Phi) is 11.5. The van der Waals surface area contributed by atoms with Crippen LogP contribution in [0, 0.1) is 0 Å². The normalized spacial score (nSPS) is 14.3. The fourth-order valence-electron chi connectivity index (χ4n) is 2.55. The molecule has 0 aromatic heterocycles. The molecule has 1 aromatic carbocycles. The van der Waals surface area contributed by atoms with E-state index < -0.39 is 60.2 Å². The van der Waals surface area contributed by atoms with E-state index in [1.165, 1.54) is 24.3 Å². The van der Waals surface area contributed by atoms with Crippen molar-refractivity contribution in [3.63, 3.8) is 0 Å². The second kappa shape index (κ2) is 13.5. The third-order valence-corrected chi connectivity index (χ3v) is 5.11. The van der Waals surface area contributed by atoms with Crippen molar-refractivity contribution in [2.24, 2.45) is 5.73 Å². The highest BCUT2D eigenvalue weighted by Gasteiger charge is 2.30. The highest BCUT2D eigenvalue weighted by atomic mass is 32.1. The number of hydrogen-bond donors (Lipinski definition) is 9. The van der Waals surface area contributed by atoms with Crippen LogP contribution in [-0.2, 0) is 30.4 Å². The first-order valence-corrected chi connectivity index (χ1v) is 10.9. The van der Waals surface area contributed by atoms with Gasteiger partial charge in [-0.2, -0.15) is 25.3 Å². The van der Waals surface area contributed by atoms with Crippen molar-refractivity contribution in [2.75, 3.05) is 11.5 Å². The van der Waals surface area contributed by atoms with E-state index in [0.29, 0.717) is 5.56 Å². The van der Waals surface area contributed by atoms with E-state index >= 15 is 0 Å². The maximum atomic E-state index is 12.9. The van der Waals surface area contributed by atoms with Gasteiger partial charge < -0.3 is 37.0 Å². The number of aromatic hydroxyl groups is 1. The van der Waals surface area contributed by atoms with Gasteiger partial charge >= 0.3 is 11.9 Å². The highest BCUT2D eigenvalue weighted by Crippen LogP contribution is 2.12. The van der Waals surface area contributed by atoms with Crippen LogP contribution in [0.4, 0.5) is 0 Å². The Morgan fingerprint density at radius 3 is 1.82 bits per heavy atom. The molecule has 0 aliphatic rings. The topological polar surface area (TPSA) is 208 Å². The molecule has 0 radical (unpaired) electrons. The number of carbonyl (C=O) groups is 5. The summed E-state index contributed by atoms with van der Waals surface area (Å²) in [6.07, 6.45) is -0.885. The molecule has 0 spiro atoms. The molecule has 0 saturated heterocycles. The lowest BCUT2D eigenvalue weighted by Gasteiger charge is -2.24. The quantitative estimate of drug-likeness (QED) is 0.138. The number of phenols is 1. The van der Waals surface area contributed by atoms with Gasteiger partial charge in [-0.25, -0.2) is 4.79 Å². The summed E-state index contributed by atoms with van der Waals surface area (Å²) in [4.78, 5) is 59.5. The Morgan fingerprint density at radius 2 is 1.33 bits per heavy atom. The lowest BCUT2D eigenvalue weighted by molar-refractivity contribution is -0.147. The molecule has 0 fully saturated rings. The fourth-order valence-corrected chi connectivity index (χ4v) is 2.98. The summed E-state index contributed by atoms with van der Waals surface area (Å²) < 4.78 is 0. The van der Waals surface area contributed by atoms with Crippen LogP contribution in [-0.4, -0.2) is 80.7 Å². The number of nitrogens with two attached hydrogens (primary N) is 1. The van der Waals surface area contributed by atoms with Crippen molar-refractivity contribution in [1.82, 2.24) is 16.0 Å². The van der Waals surface area contributed by atoms with Crippen LogP contribution in [0.15, 0.2) is 24.3 Å². The minimum atomic E-state index is -1.71. The molecule has 0 bridgehead atoms. The van der Waals surface area contributed by atoms with Gasteiger partial charge in [0.15, 0.2) is 0 Å². The van der Waals surface area contributed by atoms with E-state index in [9.17, 15) is 29.1 Å². The van der Waals surface area contributed by atoms with Crippen molar-refractivity contribution >= 4 is 54.9 Å². The van der Waals surface area contributed by atoms with Crippen LogP contribution in [0.5, 0.6) is 5.75 Å². The lowest BCUT2D eigenvalue weighted by atomic mass is 10.0. The summed E-state index contributed by atoms with van der Waals surface area (Å²) in [6.45, 7) is 0. The van der Waals surface area contributed by atoms with E-state index in [1.807, 2.05) is 5.32 Å². The summed E-state index contributed by atoms with van der Waals surface area (Å²) in [5.41, 5.74) is 6.22. The van der Waals surface area contributed by atoms with Crippen molar-refractivity contribution in [2.45, 2.75) is 37.0 Å². The van der Waals surface area contributed by atoms with Crippen molar-refractivity contribution < 1.29 is 39.3 Å². The number of carboxylic acids is 2. The zero-order valence-electron chi connectivity index (χ0n) is 17.3. The van der Waals surface area contributed by atoms with Gasteiger partial charge in [0, 0.05) is 17.9 Å². The summed E-state index contributed by atoms with van der Waals surface area (Å²) >= 11 is 7.93. The zero-order valence-corrected chi connectivity index (χ0v) is 19.1. The van der Waals surface area contributed by atoms with Gasteiger partial charge in [0.2, 0.25) is 17.7 Å². The van der Waals surface area contributed by atoms with E-state index in [0.717, 1.165) is 0 Å². The molecule has 0 aliphatic heterocycles. The Bertz CT molecular complexity index is 868. The van der Waals surface area contributed by atoms with Crippen molar-refractivity contribution in [1.29, 1.82) is 0 Å². The third-order valence-electron chi connectivity index (χ3n) is 4.35. The number of amides is 3. The number of nitrogens with one attached hydrogen (secondary N) is 3. The Morgan fingerprint density at radius 1 is 0.818 bits per heavy atom. The number of thiol groups is 2. The summed E-state index contributed by atoms with van der Waals surface area (Å²) in [5.74, 6) is -5.64. The minimum Gasteiger partial charge on any atom is -0.508 e. The highest BCUT2D eigenvalue weighted by molar-refractivity contribution is 7.80. The van der Waals surface area contributed by atoms with Crippen LogP contribution in [0.3, 0.4) is 0 Å². The largest absolute Gasteiger partial charge is 0.508 e. The van der Waals surface area contributed by atoms with E-state index in [4.69, 9.17) is 15.9 Å². The number of phenolic OH excluding ortho intramolecular Hbond substituents is 1. The van der Waals surface area contributed by atoms with Crippen molar-refractivity contribution in [3.8, 4) is 5.75 Å². The Labute approximate surface area is 200 Å². The van der Waals surface area contributed by atoms with Crippen LogP contribution in [0.1, 0.15) is 12.0 Å². The number of aliphatic carboxylic acids is 2. The minimum absolute atomic E-state index is 0.00189. The summed E-state index contributed by atoms with van der Waals surface area (Å²) in [6, 6.07) is 0.633. The van der Waals surface area contributed by atoms with E-state index in [-0.39, 0.29) is 23.7 Å². The maximum absolute atomic E-state index is 12.9. The fraction of sp³-hybridized carbons (Fsp3) is 0.421. The summed E-state index contributed by atoms with van der Waals surface area (Å²) in [5, 5.41) is 34.2. The molecule has 0 saturated carbocycles. The van der Waals surface area contributed by atoms with Crippen LogP contribution in [0.2, 0.25) is 0 Å². The molecule has 4 unspecified atom stereocenters. The SMILES string of the molecule is NC(CS)C(=O)NC(Cc1ccc(O)cc1)C(=O)NC(CS)C(=O)NC(CC(=O)O)C(=O)O. The number of carbonyl (C=O) groups excluding carboxylic acids is 3. The van der Waals surface area contributed by atoms with Crippen LogP contribution < -0.4 is 21.7 Å². The number of hydrogen-bond acceptors (Lipinski definition) is 9. The lowest BCUT2D eigenvalue weighted by Crippen LogP contribution is -2.58. The molecule has 1 aromatic rings. The predicted molar refractivity (Wildman–Crippen MR) is 123 cm³/mol. The molecule has 14 heteroatoms. The monoisotopic (exact) mass is 502 g/mol. The maximum Gasteiger partial charge on any atom is 0.326 e. The molecular formula is C19H26N4O8S2. The molecule has 8 N–H and O–H groups in total. The first-order chi connectivity index (χ1) is 15.5. The standard InChI is InChI=1S/C19H26N4O8S2/c20-11(7-32)16(27)21-12(5-9-1-3-10(24)4-2-9)17(28)23-14(8-33)18(29)22-13(19(30)31)6-15(25)26/h1-4,11-14,24,32-33H,5-8,20H2,(H,21,27)(H,22,29)(H,23,28)(H,25,26)(H,30,31). The number of carboxylic acid groups (broad SMARTS) is 2. The number of benzene rings is 1. The second-order valence-corrected chi connectivity index (χ2v) is 7.69. The first-order valence-electron chi connectivity index (χ1n) is 9.59. The van der Waals surface area contributed by atoms with Gasteiger partial charge in [-0.15, -0.1) is 0 Å². The molecule has 0 aliphatic carbocycles. The molecule has 4 atom stereocenters. The number of rotatable bonds is 13. The zero-order chi connectivity index (χ0) is 25.1. The molecule has 182 valence electrons. The smallest absolute Gasteiger partial charge is 0.326 e. The molecular weight excluding hydrogens is 476 g/mol.